The Morgan fingerprint density at radius 1 is 0.875 bits per heavy atom. The van der Waals surface area contributed by atoms with Gasteiger partial charge in [-0.25, -0.2) is 0 Å². The van der Waals surface area contributed by atoms with Crippen molar-refractivity contribution in [3.05, 3.63) is 0 Å². The second kappa shape index (κ2) is 3.42. The lowest BCUT2D eigenvalue weighted by Crippen LogP contribution is -2.49. The summed E-state index contributed by atoms with van der Waals surface area (Å²) in [5, 5.41) is 20.0. The molecule has 0 unspecified atom stereocenters. The summed E-state index contributed by atoms with van der Waals surface area (Å²) in [6.07, 6.45) is 4.79. The highest BCUT2D eigenvalue weighted by Gasteiger charge is 2.61. The molecule has 0 bridgehead atoms. The third-order valence-corrected chi connectivity index (χ3v) is 4.80. The molecular formula is C12H20O4. The third kappa shape index (κ3) is 1.44. The molecule has 1 aliphatic heterocycles. The fourth-order valence-electron chi connectivity index (χ4n) is 3.28. The van der Waals surface area contributed by atoms with Gasteiger partial charge in [-0.15, -0.1) is 0 Å². The van der Waals surface area contributed by atoms with Crippen LogP contribution in [-0.4, -0.2) is 41.4 Å². The van der Waals surface area contributed by atoms with Crippen molar-refractivity contribution in [1.29, 1.82) is 0 Å². The number of hydrogen-bond acceptors (Lipinski definition) is 4. The van der Waals surface area contributed by atoms with Crippen LogP contribution in [0.5, 0.6) is 0 Å². The van der Waals surface area contributed by atoms with Crippen LogP contribution in [0.2, 0.25) is 0 Å². The summed E-state index contributed by atoms with van der Waals surface area (Å²) in [7, 11) is 0. The molecule has 1 heterocycles. The largest absolute Gasteiger partial charge is 0.396 e. The Morgan fingerprint density at radius 3 is 1.88 bits per heavy atom. The van der Waals surface area contributed by atoms with Crippen LogP contribution in [0.15, 0.2) is 0 Å². The van der Waals surface area contributed by atoms with E-state index in [4.69, 9.17) is 9.47 Å². The average molecular weight is 228 g/mol. The highest BCUT2D eigenvalue weighted by molar-refractivity contribution is 5.10. The van der Waals surface area contributed by atoms with Crippen molar-refractivity contribution in [3.8, 4) is 0 Å². The Labute approximate surface area is 95.6 Å². The fraction of sp³-hybridized carbons (Fsp3) is 1.00. The molecule has 3 fully saturated rings. The number of ether oxygens (including phenoxy) is 2. The van der Waals surface area contributed by atoms with E-state index in [9.17, 15) is 10.2 Å². The van der Waals surface area contributed by atoms with Crippen molar-refractivity contribution in [2.24, 2.45) is 5.41 Å². The van der Waals surface area contributed by atoms with Gasteiger partial charge in [-0.1, -0.05) is 0 Å². The van der Waals surface area contributed by atoms with Gasteiger partial charge < -0.3 is 19.7 Å². The van der Waals surface area contributed by atoms with Crippen molar-refractivity contribution in [2.45, 2.75) is 49.9 Å². The molecule has 3 aliphatic rings. The zero-order valence-electron chi connectivity index (χ0n) is 9.57. The van der Waals surface area contributed by atoms with Crippen molar-refractivity contribution in [2.75, 3.05) is 19.8 Å². The van der Waals surface area contributed by atoms with Gasteiger partial charge in [0.1, 0.15) is 0 Å². The Hall–Kier alpha value is -0.160. The quantitative estimate of drug-likeness (QED) is 0.734. The molecule has 2 N–H and O–H groups in total. The first-order chi connectivity index (χ1) is 7.64. The Bertz CT molecular complexity index is 269. The number of aliphatic hydroxyl groups is 2. The smallest absolute Gasteiger partial charge is 0.168 e. The van der Waals surface area contributed by atoms with E-state index in [2.05, 4.69) is 0 Å². The number of hydrogen-bond donors (Lipinski definition) is 2. The van der Waals surface area contributed by atoms with Gasteiger partial charge in [-0.2, -0.15) is 0 Å². The molecule has 0 radical (unpaired) electrons. The van der Waals surface area contributed by atoms with Crippen LogP contribution < -0.4 is 0 Å². The summed E-state index contributed by atoms with van der Waals surface area (Å²) >= 11 is 0. The fourth-order valence-corrected chi connectivity index (χ4v) is 3.28. The van der Waals surface area contributed by atoms with E-state index >= 15 is 0 Å². The van der Waals surface area contributed by atoms with Crippen molar-refractivity contribution in [3.63, 3.8) is 0 Å². The molecule has 3 rings (SSSR count). The average Bonchev–Trinajstić information content (AvgIpc) is 3.00. The maximum atomic E-state index is 10.6. The van der Waals surface area contributed by atoms with Gasteiger partial charge in [0.2, 0.25) is 0 Å². The maximum Gasteiger partial charge on any atom is 0.168 e. The first kappa shape index (κ1) is 11.0. The van der Waals surface area contributed by atoms with Gasteiger partial charge >= 0.3 is 0 Å². The molecule has 1 saturated heterocycles. The highest BCUT2D eigenvalue weighted by atomic mass is 16.7. The lowest BCUT2D eigenvalue weighted by Gasteiger charge is -2.44. The summed E-state index contributed by atoms with van der Waals surface area (Å²) in [5.74, 6) is -0.419. The SMILES string of the molecule is OCC1(C2(O)CCC3(CC2)OCCO3)CC1. The zero-order valence-corrected chi connectivity index (χ0v) is 9.57. The summed E-state index contributed by atoms with van der Waals surface area (Å²) in [4.78, 5) is 0. The summed E-state index contributed by atoms with van der Waals surface area (Å²) in [5.41, 5.74) is -0.907. The van der Waals surface area contributed by atoms with Crippen molar-refractivity contribution in [1.82, 2.24) is 0 Å². The molecule has 0 aromatic carbocycles. The van der Waals surface area contributed by atoms with Crippen molar-refractivity contribution < 1.29 is 19.7 Å². The third-order valence-electron chi connectivity index (χ3n) is 4.80. The summed E-state index contributed by atoms with van der Waals surface area (Å²) in [6.45, 7) is 1.45. The minimum atomic E-state index is -0.692. The molecule has 92 valence electrons. The van der Waals surface area contributed by atoms with Gasteiger partial charge in [-0.05, 0) is 25.7 Å². The van der Waals surface area contributed by atoms with E-state index in [0.29, 0.717) is 26.1 Å². The topological polar surface area (TPSA) is 58.9 Å². The van der Waals surface area contributed by atoms with Gasteiger partial charge in [-0.3, -0.25) is 0 Å². The van der Waals surface area contributed by atoms with Crippen LogP contribution in [0.4, 0.5) is 0 Å². The lowest BCUT2D eigenvalue weighted by molar-refractivity contribution is -0.215. The van der Waals surface area contributed by atoms with E-state index in [1.165, 1.54) is 0 Å². The normalized spacial score (nSPS) is 34.1. The molecule has 1 spiro atoms. The van der Waals surface area contributed by atoms with E-state index in [-0.39, 0.29) is 12.0 Å². The molecule has 4 heteroatoms. The van der Waals surface area contributed by atoms with Gasteiger partial charge in [0, 0.05) is 18.3 Å². The first-order valence-corrected chi connectivity index (χ1v) is 6.25. The Balaban J connectivity index is 1.69. The molecule has 2 saturated carbocycles. The highest BCUT2D eigenvalue weighted by Crippen LogP contribution is 2.59. The zero-order chi connectivity index (χ0) is 11.3. The predicted octanol–water partition coefficient (Wildman–Crippen LogP) is 0.807. The Morgan fingerprint density at radius 2 is 1.44 bits per heavy atom. The van der Waals surface area contributed by atoms with Crippen LogP contribution in [0, 0.1) is 5.41 Å². The van der Waals surface area contributed by atoms with E-state index in [1.54, 1.807) is 0 Å². The summed E-state index contributed by atoms with van der Waals surface area (Å²) in [6, 6.07) is 0. The molecular weight excluding hydrogens is 208 g/mol. The second-order valence-electron chi connectivity index (χ2n) is 5.58. The standard InChI is InChI=1S/C12H20O4/c13-9-10(1-2-10)11(14)3-5-12(6-4-11)15-7-8-16-12/h13-14H,1-9H2. The van der Waals surface area contributed by atoms with Crippen LogP contribution in [0.25, 0.3) is 0 Å². The molecule has 0 atom stereocenters. The lowest BCUT2D eigenvalue weighted by atomic mass is 9.72. The van der Waals surface area contributed by atoms with Crippen LogP contribution in [0.1, 0.15) is 38.5 Å². The van der Waals surface area contributed by atoms with E-state index in [0.717, 1.165) is 25.7 Å². The Kier molecular flexibility index (Phi) is 2.34. The van der Waals surface area contributed by atoms with Crippen LogP contribution in [-0.2, 0) is 9.47 Å². The van der Waals surface area contributed by atoms with Gasteiger partial charge in [0.15, 0.2) is 5.79 Å². The maximum absolute atomic E-state index is 10.6. The molecule has 0 amide bonds. The van der Waals surface area contributed by atoms with Gasteiger partial charge in [0.05, 0.1) is 25.4 Å². The molecule has 16 heavy (non-hydrogen) atoms. The molecule has 2 aliphatic carbocycles. The monoisotopic (exact) mass is 228 g/mol. The van der Waals surface area contributed by atoms with Gasteiger partial charge in [0.25, 0.3) is 0 Å². The molecule has 4 nitrogen and oxygen atoms in total. The number of aliphatic hydroxyl groups excluding tert-OH is 1. The van der Waals surface area contributed by atoms with E-state index in [1.807, 2.05) is 0 Å². The molecule has 0 aromatic heterocycles. The molecule has 0 aromatic rings. The van der Waals surface area contributed by atoms with Crippen molar-refractivity contribution >= 4 is 0 Å². The predicted molar refractivity (Wildman–Crippen MR) is 56.8 cm³/mol. The van der Waals surface area contributed by atoms with E-state index < -0.39 is 11.4 Å². The minimum absolute atomic E-state index is 0.109. The first-order valence-electron chi connectivity index (χ1n) is 6.25. The van der Waals surface area contributed by atoms with Crippen LogP contribution >= 0.6 is 0 Å². The summed E-state index contributed by atoms with van der Waals surface area (Å²) < 4.78 is 11.3. The second-order valence-corrected chi connectivity index (χ2v) is 5.58. The number of rotatable bonds is 2. The minimum Gasteiger partial charge on any atom is -0.396 e. The van der Waals surface area contributed by atoms with Crippen LogP contribution in [0.3, 0.4) is 0 Å².